The molecule has 0 unspecified atom stereocenters. The Labute approximate surface area is 148 Å². The average Bonchev–Trinajstić information content (AvgIpc) is 2.55. The summed E-state index contributed by atoms with van der Waals surface area (Å²) in [4.78, 5) is 14.1. The summed E-state index contributed by atoms with van der Waals surface area (Å²) in [5.74, 6) is 0.661. The zero-order chi connectivity index (χ0) is 18.4. The minimum Gasteiger partial charge on any atom is -0.494 e. The van der Waals surface area contributed by atoms with Crippen molar-refractivity contribution in [2.45, 2.75) is 13.5 Å². The predicted octanol–water partition coefficient (Wildman–Crippen LogP) is 2.73. The van der Waals surface area contributed by atoms with E-state index in [1.54, 1.807) is 36.2 Å². The molecule has 2 rings (SSSR count). The molecule has 0 saturated heterocycles. The van der Waals surface area contributed by atoms with Crippen molar-refractivity contribution in [3.8, 4) is 5.75 Å². The Morgan fingerprint density at radius 3 is 2.20 bits per heavy atom. The first-order chi connectivity index (χ1) is 11.8. The molecule has 0 fully saturated rings. The Balaban J connectivity index is 2.01. The molecule has 0 aliphatic carbocycles. The summed E-state index contributed by atoms with van der Waals surface area (Å²) in [7, 11) is -1.61. The quantitative estimate of drug-likeness (QED) is 0.822. The average molecular weight is 362 g/mol. The maximum atomic E-state index is 12.5. The third-order valence-corrected chi connectivity index (χ3v) is 4.04. The maximum Gasteiger partial charge on any atom is 0.253 e. The molecule has 0 saturated carbocycles. The molecular formula is C18H22N2O4S. The molecule has 0 aliphatic rings. The van der Waals surface area contributed by atoms with Crippen LogP contribution >= 0.6 is 0 Å². The number of nitrogens with zero attached hydrogens (tertiary/aromatic N) is 1. The van der Waals surface area contributed by atoms with Crippen molar-refractivity contribution in [2.24, 2.45) is 0 Å². The molecule has 2 aromatic carbocycles. The Kier molecular flexibility index (Phi) is 6.03. The number of carbonyl (C=O) groups is 1. The number of hydrogen-bond acceptors (Lipinski definition) is 4. The van der Waals surface area contributed by atoms with E-state index in [4.69, 9.17) is 4.74 Å². The third-order valence-electron chi connectivity index (χ3n) is 3.44. The van der Waals surface area contributed by atoms with Gasteiger partial charge in [-0.05, 0) is 48.9 Å². The van der Waals surface area contributed by atoms with E-state index in [9.17, 15) is 13.2 Å². The van der Waals surface area contributed by atoms with Crippen LogP contribution in [0.4, 0.5) is 5.69 Å². The van der Waals surface area contributed by atoms with Crippen molar-refractivity contribution in [3.63, 3.8) is 0 Å². The van der Waals surface area contributed by atoms with Crippen molar-refractivity contribution < 1.29 is 17.9 Å². The van der Waals surface area contributed by atoms with E-state index in [-0.39, 0.29) is 5.91 Å². The van der Waals surface area contributed by atoms with Crippen molar-refractivity contribution in [1.82, 2.24) is 4.90 Å². The number of anilines is 1. The molecule has 0 atom stereocenters. The molecule has 25 heavy (non-hydrogen) atoms. The highest BCUT2D eigenvalue weighted by Crippen LogP contribution is 2.16. The molecule has 0 bridgehead atoms. The molecule has 7 heteroatoms. The second kappa shape index (κ2) is 8.02. The Morgan fingerprint density at radius 2 is 1.68 bits per heavy atom. The van der Waals surface area contributed by atoms with Gasteiger partial charge in [0, 0.05) is 24.8 Å². The zero-order valence-electron chi connectivity index (χ0n) is 14.5. The Morgan fingerprint density at radius 1 is 1.08 bits per heavy atom. The van der Waals surface area contributed by atoms with E-state index in [0.29, 0.717) is 24.4 Å². The molecule has 1 N–H and O–H groups in total. The van der Waals surface area contributed by atoms with Crippen LogP contribution in [-0.2, 0) is 16.6 Å². The number of benzene rings is 2. The van der Waals surface area contributed by atoms with E-state index in [1.807, 2.05) is 31.2 Å². The smallest absolute Gasteiger partial charge is 0.253 e. The van der Waals surface area contributed by atoms with Gasteiger partial charge >= 0.3 is 0 Å². The van der Waals surface area contributed by atoms with E-state index >= 15 is 0 Å². The number of hydrogen-bond donors (Lipinski definition) is 1. The zero-order valence-corrected chi connectivity index (χ0v) is 15.3. The van der Waals surface area contributed by atoms with Crippen LogP contribution in [-0.4, -0.2) is 39.1 Å². The van der Waals surface area contributed by atoms with Gasteiger partial charge in [0.25, 0.3) is 5.91 Å². The van der Waals surface area contributed by atoms with Crippen LogP contribution in [0.5, 0.6) is 5.75 Å². The largest absolute Gasteiger partial charge is 0.494 e. The SMILES string of the molecule is CCOc1ccc(CN(C)C(=O)c2ccc(NS(C)(=O)=O)cc2)cc1. The monoisotopic (exact) mass is 362 g/mol. The lowest BCUT2D eigenvalue weighted by atomic mass is 10.1. The van der Waals surface area contributed by atoms with Crippen LogP contribution in [0.2, 0.25) is 0 Å². The van der Waals surface area contributed by atoms with Crippen molar-refractivity contribution in [3.05, 3.63) is 59.7 Å². The highest BCUT2D eigenvalue weighted by Gasteiger charge is 2.12. The van der Waals surface area contributed by atoms with Gasteiger partial charge in [0.15, 0.2) is 0 Å². The molecule has 134 valence electrons. The normalized spacial score (nSPS) is 11.0. The molecule has 2 aromatic rings. The van der Waals surface area contributed by atoms with Gasteiger partial charge in [-0.3, -0.25) is 9.52 Å². The molecule has 0 aromatic heterocycles. The van der Waals surface area contributed by atoms with Crippen molar-refractivity contribution in [1.29, 1.82) is 0 Å². The summed E-state index contributed by atoms with van der Waals surface area (Å²) in [6, 6.07) is 13.9. The van der Waals surface area contributed by atoms with E-state index in [0.717, 1.165) is 17.6 Å². The predicted molar refractivity (Wildman–Crippen MR) is 98.3 cm³/mol. The van der Waals surface area contributed by atoms with Crippen molar-refractivity contribution >= 4 is 21.6 Å². The van der Waals surface area contributed by atoms with Crippen LogP contribution in [0, 0.1) is 0 Å². The molecule has 6 nitrogen and oxygen atoms in total. The number of carbonyl (C=O) groups excluding carboxylic acids is 1. The van der Waals surface area contributed by atoms with E-state index in [2.05, 4.69) is 4.72 Å². The molecule has 1 amide bonds. The standard InChI is InChI=1S/C18H22N2O4S/c1-4-24-17-11-5-14(6-12-17)13-20(2)18(21)15-7-9-16(10-8-15)19-25(3,22)23/h5-12,19H,4,13H2,1-3H3. The van der Waals surface area contributed by atoms with Crippen LogP contribution in [0.15, 0.2) is 48.5 Å². The van der Waals surface area contributed by atoms with E-state index < -0.39 is 10.0 Å². The molecule has 0 heterocycles. The maximum absolute atomic E-state index is 12.5. The first-order valence-corrected chi connectivity index (χ1v) is 9.72. The summed E-state index contributed by atoms with van der Waals surface area (Å²) < 4.78 is 30.2. The number of nitrogens with one attached hydrogen (secondary N) is 1. The lowest BCUT2D eigenvalue weighted by molar-refractivity contribution is 0.0785. The van der Waals surface area contributed by atoms with Gasteiger partial charge in [0.2, 0.25) is 10.0 Å². The van der Waals surface area contributed by atoms with E-state index in [1.165, 1.54) is 0 Å². The van der Waals surface area contributed by atoms with Crippen LogP contribution in [0.1, 0.15) is 22.8 Å². The lowest BCUT2D eigenvalue weighted by Crippen LogP contribution is -2.26. The van der Waals surface area contributed by atoms with Gasteiger partial charge in [0.1, 0.15) is 5.75 Å². The molecular weight excluding hydrogens is 340 g/mol. The second-order valence-corrected chi connectivity index (χ2v) is 7.44. The highest BCUT2D eigenvalue weighted by molar-refractivity contribution is 7.92. The number of sulfonamides is 1. The third kappa shape index (κ3) is 5.79. The Hall–Kier alpha value is -2.54. The Bertz CT molecular complexity index is 815. The summed E-state index contributed by atoms with van der Waals surface area (Å²) in [6.07, 6.45) is 1.08. The van der Waals surface area contributed by atoms with Gasteiger partial charge in [-0.15, -0.1) is 0 Å². The second-order valence-electron chi connectivity index (χ2n) is 5.69. The number of ether oxygens (including phenoxy) is 1. The highest BCUT2D eigenvalue weighted by atomic mass is 32.2. The van der Waals surface area contributed by atoms with Crippen LogP contribution in [0.3, 0.4) is 0 Å². The lowest BCUT2D eigenvalue weighted by Gasteiger charge is -2.18. The van der Waals surface area contributed by atoms with Gasteiger partial charge in [-0.25, -0.2) is 8.42 Å². The van der Waals surface area contributed by atoms with Crippen LogP contribution in [0.25, 0.3) is 0 Å². The van der Waals surface area contributed by atoms with Gasteiger partial charge in [-0.1, -0.05) is 12.1 Å². The van der Waals surface area contributed by atoms with Crippen molar-refractivity contribution in [2.75, 3.05) is 24.6 Å². The number of amides is 1. The summed E-state index contributed by atoms with van der Waals surface area (Å²) in [5.41, 5.74) is 1.91. The summed E-state index contributed by atoms with van der Waals surface area (Å²) in [5, 5.41) is 0. The molecule has 0 spiro atoms. The fourth-order valence-electron chi connectivity index (χ4n) is 2.32. The van der Waals surface area contributed by atoms with Gasteiger partial charge in [0.05, 0.1) is 12.9 Å². The summed E-state index contributed by atoms with van der Waals surface area (Å²) in [6.45, 7) is 3.01. The van der Waals surface area contributed by atoms with Gasteiger partial charge < -0.3 is 9.64 Å². The van der Waals surface area contributed by atoms with Crippen LogP contribution < -0.4 is 9.46 Å². The fraction of sp³-hybridized carbons (Fsp3) is 0.278. The summed E-state index contributed by atoms with van der Waals surface area (Å²) >= 11 is 0. The number of rotatable bonds is 7. The van der Waals surface area contributed by atoms with Gasteiger partial charge in [-0.2, -0.15) is 0 Å². The first kappa shape index (κ1) is 18.8. The topological polar surface area (TPSA) is 75.7 Å². The molecule has 0 radical (unpaired) electrons. The fourth-order valence-corrected chi connectivity index (χ4v) is 2.88. The molecule has 0 aliphatic heterocycles. The minimum absolute atomic E-state index is 0.139. The first-order valence-electron chi connectivity index (χ1n) is 7.83. The minimum atomic E-state index is -3.33.